The van der Waals surface area contributed by atoms with Crippen molar-refractivity contribution in [1.29, 1.82) is 0 Å². The molecule has 124 valence electrons. The van der Waals surface area contributed by atoms with Gasteiger partial charge in [0.2, 0.25) is 0 Å². The molecule has 0 aliphatic rings. The van der Waals surface area contributed by atoms with Crippen LogP contribution in [0.5, 0.6) is 0 Å². The summed E-state index contributed by atoms with van der Waals surface area (Å²) in [7, 11) is -4.04. The van der Waals surface area contributed by atoms with Crippen LogP contribution in [0.1, 0.15) is 23.7 Å². The van der Waals surface area contributed by atoms with E-state index in [1.807, 2.05) is 0 Å². The Morgan fingerprint density at radius 2 is 1.91 bits per heavy atom. The summed E-state index contributed by atoms with van der Waals surface area (Å²) in [6, 6.07) is 4.93. The number of ketones is 1. The molecule has 0 aliphatic carbocycles. The SMILES string of the molecule is CC(=O)COS(=O)(=O)c1ccc(C(=O)OCCCN=[N+]=[N-])cc1. The Labute approximate surface area is 133 Å². The lowest BCUT2D eigenvalue weighted by atomic mass is 10.2. The third kappa shape index (κ3) is 6.47. The zero-order chi connectivity index (χ0) is 17.3. The van der Waals surface area contributed by atoms with Gasteiger partial charge < -0.3 is 4.74 Å². The van der Waals surface area contributed by atoms with Crippen molar-refractivity contribution in [2.45, 2.75) is 18.2 Å². The van der Waals surface area contributed by atoms with E-state index in [9.17, 15) is 18.0 Å². The van der Waals surface area contributed by atoms with Gasteiger partial charge in [-0.1, -0.05) is 5.11 Å². The van der Waals surface area contributed by atoms with Crippen molar-refractivity contribution in [2.24, 2.45) is 5.11 Å². The monoisotopic (exact) mass is 341 g/mol. The molecule has 0 heterocycles. The lowest BCUT2D eigenvalue weighted by molar-refractivity contribution is -0.118. The van der Waals surface area contributed by atoms with E-state index in [2.05, 4.69) is 14.2 Å². The van der Waals surface area contributed by atoms with Crippen LogP contribution in [0.25, 0.3) is 10.4 Å². The Bertz CT molecular complexity index is 708. The molecule has 0 fully saturated rings. The number of azide groups is 1. The zero-order valence-corrected chi connectivity index (χ0v) is 13.2. The first-order chi connectivity index (χ1) is 10.9. The van der Waals surface area contributed by atoms with Crippen LogP contribution in [0.2, 0.25) is 0 Å². The minimum absolute atomic E-state index is 0.0830. The molecular formula is C13H15N3O6S. The highest BCUT2D eigenvalue weighted by Gasteiger charge is 2.17. The number of Topliss-reactive ketones (excluding diaryl/α,β-unsaturated/α-hetero) is 1. The van der Waals surface area contributed by atoms with Gasteiger partial charge in [0.1, 0.15) is 6.61 Å². The number of rotatable bonds is 9. The largest absolute Gasteiger partial charge is 0.462 e. The molecule has 0 N–H and O–H groups in total. The summed E-state index contributed by atoms with van der Waals surface area (Å²) in [5.74, 6) is -1.05. The van der Waals surface area contributed by atoms with E-state index in [-0.39, 0.29) is 23.6 Å². The Morgan fingerprint density at radius 3 is 2.48 bits per heavy atom. The first-order valence-corrected chi connectivity index (χ1v) is 7.94. The fourth-order valence-electron chi connectivity index (χ4n) is 1.41. The van der Waals surface area contributed by atoms with Crippen molar-refractivity contribution in [3.05, 3.63) is 40.3 Å². The first kappa shape index (κ1) is 18.6. The Morgan fingerprint density at radius 1 is 1.26 bits per heavy atom. The smallest absolute Gasteiger partial charge is 0.338 e. The van der Waals surface area contributed by atoms with Crippen LogP contribution in [0.4, 0.5) is 0 Å². The first-order valence-electron chi connectivity index (χ1n) is 6.53. The summed E-state index contributed by atoms with van der Waals surface area (Å²) in [5, 5.41) is 3.29. The third-order valence-electron chi connectivity index (χ3n) is 2.49. The van der Waals surface area contributed by atoms with Gasteiger partial charge in [-0.05, 0) is 43.1 Å². The van der Waals surface area contributed by atoms with E-state index in [1.54, 1.807) is 0 Å². The van der Waals surface area contributed by atoms with E-state index >= 15 is 0 Å². The van der Waals surface area contributed by atoms with Crippen molar-refractivity contribution in [3.63, 3.8) is 0 Å². The van der Waals surface area contributed by atoms with Crippen molar-refractivity contribution in [3.8, 4) is 0 Å². The van der Waals surface area contributed by atoms with Crippen LogP contribution < -0.4 is 0 Å². The second-order valence-corrected chi connectivity index (χ2v) is 6.00. The van der Waals surface area contributed by atoms with Crippen LogP contribution >= 0.6 is 0 Å². The number of benzene rings is 1. The van der Waals surface area contributed by atoms with Gasteiger partial charge in [-0.2, -0.15) is 8.42 Å². The highest BCUT2D eigenvalue weighted by molar-refractivity contribution is 7.86. The van der Waals surface area contributed by atoms with E-state index in [1.165, 1.54) is 31.2 Å². The highest BCUT2D eigenvalue weighted by Crippen LogP contribution is 2.14. The van der Waals surface area contributed by atoms with Gasteiger partial charge in [-0.3, -0.25) is 8.98 Å². The van der Waals surface area contributed by atoms with E-state index in [0.29, 0.717) is 6.42 Å². The number of hydrogen-bond acceptors (Lipinski definition) is 7. The fourth-order valence-corrected chi connectivity index (χ4v) is 2.34. The van der Waals surface area contributed by atoms with Crippen molar-refractivity contribution in [1.82, 2.24) is 0 Å². The molecular weight excluding hydrogens is 326 g/mol. The average Bonchev–Trinajstić information content (AvgIpc) is 2.53. The van der Waals surface area contributed by atoms with Crippen LogP contribution in [0, 0.1) is 0 Å². The van der Waals surface area contributed by atoms with Crippen molar-refractivity contribution < 1.29 is 26.9 Å². The van der Waals surface area contributed by atoms with Gasteiger partial charge in [0.15, 0.2) is 5.78 Å². The number of carbonyl (C=O) groups is 2. The quantitative estimate of drug-likeness (QED) is 0.168. The predicted octanol–water partition coefficient (Wildman–Crippen LogP) is 1.84. The van der Waals surface area contributed by atoms with Crippen molar-refractivity contribution in [2.75, 3.05) is 19.8 Å². The molecule has 0 aliphatic heterocycles. The summed E-state index contributed by atoms with van der Waals surface area (Å²) in [4.78, 5) is 24.9. The maximum absolute atomic E-state index is 11.8. The molecule has 0 bridgehead atoms. The lowest BCUT2D eigenvalue weighted by Gasteiger charge is -2.06. The summed E-state index contributed by atoms with van der Waals surface area (Å²) in [5.41, 5.74) is 8.25. The predicted molar refractivity (Wildman–Crippen MR) is 79.2 cm³/mol. The summed E-state index contributed by atoms with van der Waals surface area (Å²) in [6.45, 7) is 0.960. The van der Waals surface area contributed by atoms with Gasteiger partial charge >= 0.3 is 5.97 Å². The maximum Gasteiger partial charge on any atom is 0.338 e. The molecule has 9 nitrogen and oxygen atoms in total. The van der Waals surface area contributed by atoms with Crippen LogP contribution in [0.3, 0.4) is 0 Å². The zero-order valence-electron chi connectivity index (χ0n) is 12.3. The van der Waals surface area contributed by atoms with Gasteiger partial charge in [0.25, 0.3) is 10.1 Å². The summed E-state index contributed by atoms with van der Waals surface area (Å²) in [6.07, 6.45) is 0.390. The number of nitrogens with zero attached hydrogens (tertiary/aromatic N) is 3. The molecule has 0 radical (unpaired) electrons. The minimum atomic E-state index is -4.04. The molecule has 0 saturated carbocycles. The Hall–Kier alpha value is -2.42. The molecule has 1 aromatic rings. The third-order valence-corrected chi connectivity index (χ3v) is 3.77. The van der Waals surface area contributed by atoms with Crippen LogP contribution in [0.15, 0.2) is 34.3 Å². The summed E-state index contributed by atoms with van der Waals surface area (Å²) >= 11 is 0. The molecule has 0 unspecified atom stereocenters. The number of esters is 1. The van der Waals surface area contributed by atoms with Gasteiger partial charge in [-0.25, -0.2) is 4.79 Å². The average molecular weight is 341 g/mol. The number of ether oxygens (including phenoxy) is 1. The molecule has 10 heteroatoms. The standard InChI is InChI=1S/C13H15N3O6S/c1-10(17)9-22-23(19,20)12-5-3-11(4-6-12)13(18)21-8-2-7-15-16-14/h3-6H,2,7-9H2,1H3. The van der Waals surface area contributed by atoms with Crippen LogP contribution in [-0.2, 0) is 23.8 Å². The van der Waals surface area contributed by atoms with E-state index < -0.39 is 28.5 Å². The number of hydrogen-bond donors (Lipinski definition) is 0. The second kappa shape index (κ2) is 8.89. The summed E-state index contributed by atoms with van der Waals surface area (Å²) < 4.78 is 33.0. The van der Waals surface area contributed by atoms with Gasteiger partial charge in [0, 0.05) is 11.5 Å². The molecule has 0 aromatic heterocycles. The fraction of sp³-hybridized carbons (Fsp3) is 0.385. The molecule has 23 heavy (non-hydrogen) atoms. The molecule has 1 aromatic carbocycles. The Kier molecular flexibility index (Phi) is 7.20. The second-order valence-electron chi connectivity index (χ2n) is 4.39. The normalized spacial score (nSPS) is 10.7. The number of carbonyl (C=O) groups excluding carboxylic acids is 2. The molecule has 0 spiro atoms. The van der Waals surface area contributed by atoms with Crippen LogP contribution in [-0.4, -0.2) is 39.9 Å². The topological polar surface area (TPSA) is 136 Å². The maximum atomic E-state index is 11.8. The van der Waals surface area contributed by atoms with E-state index in [0.717, 1.165) is 0 Å². The molecule has 0 atom stereocenters. The lowest BCUT2D eigenvalue weighted by Crippen LogP contribution is -2.12. The van der Waals surface area contributed by atoms with Gasteiger partial charge in [0.05, 0.1) is 17.1 Å². The molecule has 0 amide bonds. The molecule has 1 rings (SSSR count). The highest BCUT2D eigenvalue weighted by atomic mass is 32.2. The van der Waals surface area contributed by atoms with Crippen molar-refractivity contribution >= 4 is 21.9 Å². The molecule has 0 saturated heterocycles. The minimum Gasteiger partial charge on any atom is -0.462 e. The Balaban J connectivity index is 2.63. The van der Waals surface area contributed by atoms with E-state index in [4.69, 9.17) is 10.3 Å². The van der Waals surface area contributed by atoms with Gasteiger partial charge in [-0.15, -0.1) is 0 Å².